The highest BCUT2D eigenvalue weighted by Gasteiger charge is 2.36. The molecule has 2 atom stereocenters. The average Bonchev–Trinajstić information content (AvgIpc) is 2.69. The normalized spacial score (nSPS) is 21.9. The van der Waals surface area contributed by atoms with E-state index in [2.05, 4.69) is 17.0 Å². The standard InChI is InChI=1S/C23H31NO4/c1-3-27-22(25)15-17-9-8-12-21-20(17)14-13-19(16-23(26)28-4-2)24(21)18-10-6-5-7-11-18/h5-7,10-11,17,19H,3-4,8-9,12-16H2,1-2H3. The van der Waals surface area contributed by atoms with E-state index in [1.54, 1.807) is 0 Å². The molecule has 0 radical (unpaired) electrons. The zero-order valence-electron chi connectivity index (χ0n) is 17.0. The second kappa shape index (κ2) is 9.76. The second-order valence-corrected chi connectivity index (χ2v) is 7.48. The predicted octanol–water partition coefficient (Wildman–Crippen LogP) is 4.62. The lowest BCUT2D eigenvalue weighted by Gasteiger charge is -2.44. The van der Waals surface area contributed by atoms with Crippen LogP contribution in [0.15, 0.2) is 41.6 Å². The van der Waals surface area contributed by atoms with E-state index < -0.39 is 0 Å². The smallest absolute Gasteiger partial charge is 0.307 e. The first kappa shape index (κ1) is 20.4. The Morgan fingerprint density at radius 1 is 0.964 bits per heavy atom. The van der Waals surface area contributed by atoms with Gasteiger partial charge in [-0.15, -0.1) is 0 Å². The van der Waals surface area contributed by atoms with Crippen molar-refractivity contribution in [3.8, 4) is 0 Å². The number of para-hydroxylation sites is 1. The maximum absolute atomic E-state index is 12.2. The molecule has 2 aliphatic rings. The number of carbonyl (C=O) groups is 2. The summed E-state index contributed by atoms with van der Waals surface area (Å²) in [6.07, 6.45) is 5.75. The third-order valence-corrected chi connectivity index (χ3v) is 5.69. The van der Waals surface area contributed by atoms with Crippen LogP contribution in [0.5, 0.6) is 0 Å². The second-order valence-electron chi connectivity index (χ2n) is 7.48. The molecule has 3 rings (SSSR count). The molecular formula is C23H31NO4. The molecule has 1 aliphatic carbocycles. The number of anilines is 1. The van der Waals surface area contributed by atoms with Crippen molar-refractivity contribution in [2.75, 3.05) is 18.1 Å². The van der Waals surface area contributed by atoms with Gasteiger partial charge in [0.1, 0.15) is 0 Å². The van der Waals surface area contributed by atoms with Crippen LogP contribution in [-0.4, -0.2) is 31.2 Å². The lowest BCUT2D eigenvalue weighted by molar-refractivity contribution is -0.144. The van der Waals surface area contributed by atoms with Crippen molar-refractivity contribution in [2.45, 2.75) is 64.8 Å². The average molecular weight is 386 g/mol. The minimum Gasteiger partial charge on any atom is -0.466 e. The summed E-state index contributed by atoms with van der Waals surface area (Å²) in [5.41, 5.74) is 3.79. The first-order valence-corrected chi connectivity index (χ1v) is 10.5. The van der Waals surface area contributed by atoms with Crippen LogP contribution in [0.2, 0.25) is 0 Å². The molecule has 5 nitrogen and oxygen atoms in total. The van der Waals surface area contributed by atoms with Crippen LogP contribution in [0.1, 0.15) is 58.8 Å². The van der Waals surface area contributed by atoms with Crippen molar-refractivity contribution < 1.29 is 19.1 Å². The lowest BCUT2D eigenvalue weighted by atomic mass is 9.77. The number of nitrogens with zero attached hydrogens (tertiary/aromatic N) is 1. The van der Waals surface area contributed by atoms with Gasteiger partial charge >= 0.3 is 11.9 Å². The van der Waals surface area contributed by atoms with Crippen LogP contribution >= 0.6 is 0 Å². The van der Waals surface area contributed by atoms with Crippen LogP contribution in [0.4, 0.5) is 5.69 Å². The van der Waals surface area contributed by atoms with Gasteiger partial charge in [-0.3, -0.25) is 9.59 Å². The van der Waals surface area contributed by atoms with E-state index in [0.717, 1.165) is 37.8 Å². The summed E-state index contributed by atoms with van der Waals surface area (Å²) in [7, 11) is 0. The fourth-order valence-corrected chi connectivity index (χ4v) is 4.59. The molecule has 1 aliphatic heterocycles. The molecule has 5 heteroatoms. The number of esters is 2. The predicted molar refractivity (Wildman–Crippen MR) is 109 cm³/mol. The number of benzene rings is 1. The molecule has 0 saturated heterocycles. The molecule has 0 spiro atoms. The molecular weight excluding hydrogens is 354 g/mol. The number of allylic oxidation sites excluding steroid dienone is 2. The highest BCUT2D eigenvalue weighted by atomic mass is 16.5. The Kier molecular flexibility index (Phi) is 7.12. The first-order valence-electron chi connectivity index (χ1n) is 10.5. The monoisotopic (exact) mass is 385 g/mol. The number of rotatable bonds is 7. The van der Waals surface area contributed by atoms with E-state index in [9.17, 15) is 9.59 Å². The molecule has 152 valence electrons. The lowest BCUT2D eigenvalue weighted by Crippen LogP contribution is -2.42. The molecule has 0 bridgehead atoms. The van der Waals surface area contributed by atoms with Gasteiger partial charge in [0.15, 0.2) is 0 Å². The van der Waals surface area contributed by atoms with Gasteiger partial charge in [0, 0.05) is 17.4 Å². The van der Waals surface area contributed by atoms with Gasteiger partial charge < -0.3 is 14.4 Å². The van der Waals surface area contributed by atoms with E-state index in [4.69, 9.17) is 9.47 Å². The Morgan fingerprint density at radius 3 is 2.32 bits per heavy atom. The number of hydrogen-bond donors (Lipinski definition) is 0. The summed E-state index contributed by atoms with van der Waals surface area (Å²) in [4.78, 5) is 26.6. The van der Waals surface area contributed by atoms with Gasteiger partial charge in [-0.25, -0.2) is 0 Å². The minimum atomic E-state index is -0.142. The summed E-state index contributed by atoms with van der Waals surface area (Å²) in [6.45, 7) is 4.53. The summed E-state index contributed by atoms with van der Waals surface area (Å²) in [5, 5.41) is 0. The van der Waals surface area contributed by atoms with Crippen molar-refractivity contribution >= 4 is 17.6 Å². The van der Waals surface area contributed by atoms with Crippen LogP contribution in [0, 0.1) is 5.92 Å². The van der Waals surface area contributed by atoms with Crippen molar-refractivity contribution in [1.82, 2.24) is 0 Å². The van der Waals surface area contributed by atoms with Crippen molar-refractivity contribution in [3.63, 3.8) is 0 Å². The quantitative estimate of drug-likeness (QED) is 0.641. The Labute approximate surface area is 167 Å². The van der Waals surface area contributed by atoms with Crippen molar-refractivity contribution in [2.24, 2.45) is 5.92 Å². The van der Waals surface area contributed by atoms with E-state index in [0.29, 0.717) is 26.1 Å². The van der Waals surface area contributed by atoms with Crippen LogP contribution in [0.25, 0.3) is 0 Å². The van der Waals surface area contributed by atoms with E-state index in [-0.39, 0.29) is 23.9 Å². The summed E-state index contributed by atoms with van der Waals surface area (Å²) >= 11 is 0. The molecule has 1 heterocycles. The Hall–Kier alpha value is -2.30. The summed E-state index contributed by atoms with van der Waals surface area (Å²) in [6, 6.07) is 10.4. The van der Waals surface area contributed by atoms with Crippen LogP contribution in [0.3, 0.4) is 0 Å². The summed E-state index contributed by atoms with van der Waals surface area (Å²) < 4.78 is 10.4. The van der Waals surface area contributed by atoms with Gasteiger partial charge in [0.25, 0.3) is 0 Å². The maximum Gasteiger partial charge on any atom is 0.307 e. The number of ether oxygens (including phenoxy) is 2. The maximum atomic E-state index is 12.2. The molecule has 28 heavy (non-hydrogen) atoms. The fourth-order valence-electron chi connectivity index (χ4n) is 4.59. The van der Waals surface area contributed by atoms with E-state index >= 15 is 0 Å². The number of hydrogen-bond acceptors (Lipinski definition) is 5. The van der Waals surface area contributed by atoms with Gasteiger partial charge in [-0.2, -0.15) is 0 Å². The van der Waals surface area contributed by atoms with Crippen LogP contribution < -0.4 is 4.90 Å². The van der Waals surface area contributed by atoms with Crippen LogP contribution in [-0.2, 0) is 19.1 Å². The SMILES string of the molecule is CCOC(=O)CC1CCCC2=C1CCC(CC(=O)OCC)N2c1ccccc1. The number of carbonyl (C=O) groups excluding carboxylic acids is 2. The topological polar surface area (TPSA) is 55.8 Å². The zero-order valence-corrected chi connectivity index (χ0v) is 17.0. The third-order valence-electron chi connectivity index (χ3n) is 5.69. The highest BCUT2D eigenvalue weighted by molar-refractivity contribution is 5.72. The molecule has 2 unspecified atom stereocenters. The summed E-state index contributed by atoms with van der Waals surface area (Å²) in [5.74, 6) is -0.00456. The van der Waals surface area contributed by atoms with Crippen molar-refractivity contribution in [1.29, 1.82) is 0 Å². The molecule has 1 aromatic rings. The molecule has 1 aromatic carbocycles. The van der Waals surface area contributed by atoms with E-state index in [1.807, 2.05) is 32.0 Å². The van der Waals surface area contributed by atoms with Gasteiger partial charge in [-0.1, -0.05) is 18.2 Å². The zero-order chi connectivity index (χ0) is 19.9. The Bertz CT molecular complexity index is 713. The largest absolute Gasteiger partial charge is 0.466 e. The molecule has 0 saturated carbocycles. The first-order chi connectivity index (χ1) is 13.6. The Morgan fingerprint density at radius 2 is 1.64 bits per heavy atom. The van der Waals surface area contributed by atoms with Gasteiger partial charge in [0.05, 0.1) is 26.1 Å². The Balaban J connectivity index is 1.90. The highest BCUT2D eigenvalue weighted by Crippen LogP contribution is 2.44. The third kappa shape index (κ3) is 4.75. The van der Waals surface area contributed by atoms with Gasteiger partial charge in [-0.05, 0) is 69.6 Å². The van der Waals surface area contributed by atoms with Gasteiger partial charge in [0.2, 0.25) is 0 Å². The van der Waals surface area contributed by atoms with Crippen molar-refractivity contribution in [3.05, 3.63) is 41.6 Å². The fraction of sp³-hybridized carbons (Fsp3) is 0.565. The molecule has 0 amide bonds. The molecule has 0 fully saturated rings. The van der Waals surface area contributed by atoms with E-state index in [1.165, 1.54) is 11.3 Å². The molecule has 0 N–H and O–H groups in total. The molecule has 0 aromatic heterocycles. The minimum absolute atomic E-state index is 0.0987.